The van der Waals surface area contributed by atoms with Crippen molar-refractivity contribution in [2.45, 2.75) is 50.4 Å². The quantitative estimate of drug-likeness (QED) is 0.730. The van der Waals surface area contributed by atoms with Gasteiger partial charge in [-0.25, -0.2) is 0 Å². The van der Waals surface area contributed by atoms with Crippen LogP contribution >= 0.6 is 0 Å². The van der Waals surface area contributed by atoms with Crippen LogP contribution in [0.2, 0.25) is 0 Å². The first-order chi connectivity index (χ1) is 10.3. The Balaban J connectivity index is 1.59. The van der Waals surface area contributed by atoms with Crippen molar-refractivity contribution in [2.75, 3.05) is 19.8 Å². The Morgan fingerprint density at radius 2 is 2.33 bits per heavy atom. The van der Waals surface area contributed by atoms with Crippen LogP contribution in [0.15, 0.2) is 24.8 Å². The molecule has 1 aliphatic heterocycles. The molecule has 1 saturated carbocycles. The minimum atomic E-state index is 0.0433. The first-order valence-electron chi connectivity index (χ1n) is 8.10. The zero-order valence-electron chi connectivity index (χ0n) is 12.6. The van der Waals surface area contributed by atoms with Gasteiger partial charge in [0.05, 0.1) is 25.4 Å². The molecule has 3 rings (SSSR count). The minimum Gasteiger partial charge on any atom is -0.372 e. The highest BCUT2D eigenvalue weighted by Gasteiger charge is 2.44. The van der Waals surface area contributed by atoms with Gasteiger partial charge in [0.2, 0.25) is 5.91 Å². The van der Waals surface area contributed by atoms with Gasteiger partial charge in [-0.2, -0.15) is 0 Å². The predicted octanol–water partition coefficient (Wildman–Crippen LogP) is 2.30. The van der Waals surface area contributed by atoms with Crippen LogP contribution in [0, 0.1) is 5.92 Å². The fourth-order valence-corrected chi connectivity index (χ4v) is 3.80. The molecule has 0 unspecified atom stereocenters. The molecule has 1 amide bonds. The summed E-state index contributed by atoms with van der Waals surface area (Å²) in [5.41, 5.74) is 0. The Hall–Kier alpha value is -1.13. The van der Waals surface area contributed by atoms with E-state index in [1.807, 2.05) is 0 Å². The van der Waals surface area contributed by atoms with Gasteiger partial charge in [-0.15, -0.1) is 6.58 Å². The molecule has 1 heterocycles. The molecule has 4 heteroatoms. The van der Waals surface area contributed by atoms with E-state index in [1.54, 1.807) is 6.08 Å². The first-order valence-corrected chi connectivity index (χ1v) is 8.10. The van der Waals surface area contributed by atoms with Gasteiger partial charge in [0.15, 0.2) is 0 Å². The second-order valence-electron chi connectivity index (χ2n) is 6.20. The lowest BCUT2D eigenvalue weighted by Gasteiger charge is -2.39. The van der Waals surface area contributed by atoms with Gasteiger partial charge in [-0.3, -0.25) is 4.79 Å². The van der Waals surface area contributed by atoms with Crippen LogP contribution in [-0.4, -0.2) is 48.8 Å². The number of ether oxygens (including phenoxy) is 2. The predicted molar refractivity (Wildman–Crippen MR) is 80.9 cm³/mol. The van der Waals surface area contributed by atoms with E-state index in [4.69, 9.17) is 9.47 Å². The second-order valence-corrected chi connectivity index (χ2v) is 6.20. The molecule has 21 heavy (non-hydrogen) atoms. The average molecular weight is 291 g/mol. The summed E-state index contributed by atoms with van der Waals surface area (Å²) in [5.74, 6) is 0.724. The van der Waals surface area contributed by atoms with E-state index >= 15 is 0 Å². The number of amides is 1. The third kappa shape index (κ3) is 3.22. The number of fused-ring (bicyclic) bond motifs is 1. The fourth-order valence-electron chi connectivity index (χ4n) is 3.80. The summed E-state index contributed by atoms with van der Waals surface area (Å²) >= 11 is 0. The highest BCUT2D eigenvalue weighted by molar-refractivity contribution is 5.77. The molecule has 0 spiro atoms. The third-order valence-corrected chi connectivity index (χ3v) is 4.83. The third-order valence-electron chi connectivity index (χ3n) is 4.83. The highest BCUT2D eigenvalue weighted by Crippen LogP contribution is 2.33. The Labute approximate surface area is 126 Å². The van der Waals surface area contributed by atoms with Crippen molar-refractivity contribution in [2.24, 2.45) is 5.92 Å². The van der Waals surface area contributed by atoms with Crippen LogP contribution in [0.5, 0.6) is 0 Å². The number of hydrogen-bond donors (Lipinski definition) is 0. The smallest absolute Gasteiger partial charge is 0.223 e. The van der Waals surface area contributed by atoms with Gasteiger partial charge in [-0.1, -0.05) is 18.2 Å². The lowest BCUT2D eigenvalue weighted by molar-refractivity contribution is -0.151. The molecule has 0 aromatic heterocycles. The summed E-state index contributed by atoms with van der Waals surface area (Å²) in [5, 5.41) is 0. The summed E-state index contributed by atoms with van der Waals surface area (Å²) in [6.07, 6.45) is 11.1. The maximum Gasteiger partial charge on any atom is 0.223 e. The number of hydrogen-bond acceptors (Lipinski definition) is 3. The van der Waals surface area contributed by atoms with Crippen molar-refractivity contribution in [3.05, 3.63) is 24.8 Å². The molecule has 0 radical (unpaired) electrons. The minimum absolute atomic E-state index is 0.0433. The Morgan fingerprint density at radius 1 is 1.43 bits per heavy atom. The lowest BCUT2D eigenvalue weighted by Crippen LogP contribution is -2.54. The Morgan fingerprint density at radius 3 is 3.10 bits per heavy atom. The number of morpholine rings is 1. The van der Waals surface area contributed by atoms with E-state index in [9.17, 15) is 4.79 Å². The molecular formula is C17H25NO3. The van der Waals surface area contributed by atoms with Crippen LogP contribution < -0.4 is 0 Å². The number of carbonyl (C=O) groups excluding carboxylic acids is 1. The topological polar surface area (TPSA) is 38.8 Å². The van der Waals surface area contributed by atoms with Gasteiger partial charge in [0.25, 0.3) is 0 Å². The molecule has 4 atom stereocenters. The number of carbonyl (C=O) groups is 1. The zero-order chi connectivity index (χ0) is 14.7. The number of rotatable bonds is 5. The number of nitrogens with zero attached hydrogens (tertiary/aromatic N) is 1. The normalized spacial score (nSPS) is 35.0. The van der Waals surface area contributed by atoms with Crippen molar-refractivity contribution in [1.29, 1.82) is 0 Å². The molecule has 0 N–H and O–H groups in total. The van der Waals surface area contributed by atoms with Crippen molar-refractivity contribution in [3.8, 4) is 0 Å². The van der Waals surface area contributed by atoms with Crippen LogP contribution in [0.1, 0.15) is 32.1 Å². The second kappa shape index (κ2) is 6.75. The summed E-state index contributed by atoms with van der Waals surface area (Å²) in [6.45, 7) is 5.60. The molecule has 3 aliphatic rings. The van der Waals surface area contributed by atoms with Crippen molar-refractivity contribution in [1.82, 2.24) is 4.90 Å². The Bertz CT molecular complexity index is 420. The summed E-state index contributed by atoms with van der Waals surface area (Å²) in [7, 11) is 0. The molecule has 4 nitrogen and oxygen atoms in total. The maximum atomic E-state index is 12.6. The standard InChI is InChI=1S/C17H25NO3/c1-2-10-20-15-8-7-14-17(15)21-11-9-18(14)16(19)12-13-5-3-4-6-13/h2-3,5,13-15,17H,1,4,6-12H2/t13-,14-,15+,17+/m0/s1. The van der Waals surface area contributed by atoms with Crippen molar-refractivity contribution < 1.29 is 14.3 Å². The lowest BCUT2D eigenvalue weighted by atomic mass is 10.0. The summed E-state index contributed by atoms with van der Waals surface area (Å²) in [4.78, 5) is 14.7. The van der Waals surface area contributed by atoms with Gasteiger partial charge in [0, 0.05) is 13.0 Å². The van der Waals surface area contributed by atoms with E-state index in [-0.39, 0.29) is 24.2 Å². The monoisotopic (exact) mass is 291 g/mol. The average Bonchev–Trinajstić information content (AvgIpc) is 3.14. The van der Waals surface area contributed by atoms with Crippen LogP contribution in [0.4, 0.5) is 0 Å². The van der Waals surface area contributed by atoms with E-state index in [1.165, 1.54) is 0 Å². The number of allylic oxidation sites excluding steroid dienone is 2. The van der Waals surface area contributed by atoms with Crippen molar-refractivity contribution in [3.63, 3.8) is 0 Å². The van der Waals surface area contributed by atoms with E-state index in [0.29, 0.717) is 25.6 Å². The highest BCUT2D eigenvalue weighted by atomic mass is 16.5. The molecule has 0 bridgehead atoms. The molecular weight excluding hydrogens is 266 g/mol. The Kier molecular flexibility index (Phi) is 4.76. The molecule has 1 saturated heterocycles. The van der Waals surface area contributed by atoms with E-state index in [0.717, 1.165) is 32.2 Å². The maximum absolute atomic E-state index is 12.6. The van der Waals surface area contributed by atoms with Gasteiger partial charge in [-0.05, 0) is 31.6 Å². The molecule has 2 fully saturated rings. The largest absolute Gasteiger partial charge is 0.372 e. The van der Waals surface area contributed by atoms with Crippen molar-refractivity contribution >= 4 is 5.91 Å². The SMILES string of the molecule is C=CCO[C@@H]1CC[C@H]2[C@H]1OCCN2C(=O)C[C@H]1C=CCC1. The zero-order valence-corrected chi connectivity index (χ0v) is 12.6. The van der Waals surface area contributed by atoms with Crippen LogP contribution in [0.25, 0.3) is 0 Å². The van der Waals surface area contributed by atoms with Crippen LogP contribution in [-0.2, 0) is 14.3 Å². The molecule has 0 aromatic carbocycles. The van der Waals surface area contributed by atoms with Gasteiger partial charge < -0.3 is 14.4 Å². The molecule has 2 aliphatic carbocycles. The summed E-state index contributed by atoms with van der Waals surface area (Å²) < 4.78 is 11.7. The van der Waals surface area contributed by atoms with Gasteiger partial charge >= 0.3 is 0 Å². The summed E-state index contributed by atoms with van der Waals surface area (Å²) in [6, 6.07) is 0.200. The van der Waals surface area contributed by atoms with Crippen LogP contribution in [0.3, 0.4) is 0 Å². The molecule has 0 aromatic rings. The van der Waals surface area contributed by atoms with E-state index in [2.05, 4.69) is 23.6 Å². The van der Waals surface area contributed by atoms with E-state index < -0.39 is 0 Å². The fraction of sp³-hybridized carbons (Fsp3) is 0.706. The van der Waals surface area contributed by atoms with Gasteiger partial charge in [0.1, 0.15) is 6.10 Å². The first kappa shape index (κ1) is 14.8. The molecule has 116 valence electrons.